The molecule has 1 saturated heterocycles. The van der Waals surface area contributed by atoms with Gasteiger partial charge in [0, 0.05) is 12.2 Å². The Morgan fingerprint density at radius 3 is 2.40 bits per heavy atom. The van der Waals surface area contributed by atoms with Gasteiger partial charge >= 0.3 is 12.2 Å². The molecule has 2 N–H and O–H groups in total. The topological polar surface area (TPSA) is 52.6 Å². The number of likely N-dealkylation sites (tertiary alicyclic amines) is 1. The number of carbonyl (C=O) groups is 1. The molecule has 4 nitrogen and oxygen atoms in total. The van der Waals surface area contributed by atoms with E-state index in [-0.39, 0.29) is 12.2 Å². The van der Waals surface area contributed by atoms with E-state index in [0.29, 0.717) is 13.0 Å². The molecule has 2 rings (SSSR count). The van der Waals surface area contributed by atoms with Crippen molar-refractivity contribution in [1.82, 2.24) is 4.90 Å². The first kappa shape index (κ1) is 14.6. The van der Waals surface area contributed by atoms with Crippen LogP contribution in [0, 0.1) is 0 Å². The largest absolute Gasteiger partial charge is 0.416 e. The fraction of sp³-hybridized carbons (Fsp3) is 0.462. The van der Waals surface area contributed by atoms with Crippen LogP contribution in [0.15, 0.2) is 24.3 Å². The van der Waals surface area contributed by atoms with Crippen LogP contribution in [0.4, 0.5) is 23.7 Å². The maximum Gasteiger partial charge on any atom is 0.416 e. The summed E-state index contributed by atoms with van der Waals surface area (Å²) in [6.07, 6.45) is -3.91. The minimum atomic E-state index is -4.39. The van der Waals surface area contributed by atoms with Crippen LogP contribution in [0.1, 0.15) is 18.9 Å². The molecule has 0 aliphatic carbocycles. The number of rotatable bonds is 1. The molecule has 20 heavy (non-hydrogen) atoms. The maximum absolute atomic E-state index is 12.4. The monoisotopic (exact) mass is 288 g/mol. The molecule has 1 aromatic rings. The zero-order chi connectivity index (χ0) is 15.0. The van der Waals surface area contributed by atoms with Crippen molar-refractivity contribution in [2.75, 3.05) is 18.4 Å². The van der Waals surface area contributed by atoms with Gasteiger partial charge in [0.15, 0.2) is 0 Å². The molecule has 1 fully saturated rings. The van der Waals surface area contributed by atoms with Crippen molar-refractivity contribution >= 4 is 11.7 Å². The lowest BCUT2D eigenvalue weighted by atomic mass is 10.1. The van der Waals surface area contributed by atoms with E-state index < -0.39 is 23.4 Å². The van der Waals surface area contributed by atoms with Crippen LogP contribution in [0.25, 0.3) is 0 Å². The van der Waals surface area contributed by atoms with Crippen molar-refractivity contribution in [2.45, 2.75) is 25.1 Å². The molecule has 110 valence electrons. The summed E-state index contributed by atoms with van der Waals surface area (Å²) < 4.78 is 37.2. The van der Waals surface area contributed by atoms with E-state index in [4.69, 9.17) is 0 Å². The molecule has 0 aromatic heterocycles. The number of hydrogen-bond acceptors (Lipinski definition) is 2. The van der Waals surface area contributed by atoms with Gasteiger partial charge in [-0.25, -0.2) is 4.79 Å². The maximum atomic E-state index is 12.4. The summed E-state index contributed by atoms with van der Waals surface area (Å²) in [5, 5.41) is 12.3. The standard InChI is InChI=1S/C13H15F3N2O2/c1-12(20)6-7-18(8-12)11(19)17-10-4-2-9(3-5-10)13(14,15)16/h2-5,20H,6-8H2,1H3,(H,17,19). The van der Waals surface area contributed by atoms with Gasteiger partial charge in [0.05, 0.1) is 17.7 Å². The van der Waals surface area contributed by atoms with Crippen LogP contribution >= 0.6 is 0 Å². The summed E-state index contributed by atoms with van der Waals surface area (Å²) in [6.45, 7) is 2.26. The van der Waals surface area contributed by atoms with Crippen LogP contribution in [0.2, 0.25) is 0 Å². The second kappa shape index (κ2) is 4.97. The predicted molar refractivity (Wildman–Crippen MR) is 67.3 cm³/mol. The Labute approximate surface area is 114 Å². The van der Waals surface area contributed by atoms with Gasteiger partial charge in [-0.3, -0.25) is 0 Å². The minimum Gasteiger partial charge on any atom is -0.388 e. The van der Waals surface area contributed by atoms with E-state index in [0.717, 1.165) is 12.1 Å². The fourth-order valence-corrected chi connectivity index (χ4v) is 2.06. The van der Waals surface area contributed by atoms with Crippen LogP contribution < -0.4 is 5.32 Å². The number of urea groups is 1. The van der Waals surface area contributed by atoms with Gasteiger partial charge in [0.1, 0.15) is 0 Å². The van der Waals surface area contributed by atoms with Crippen LogP contribution in [0.3, 0.4) is 0 Å². The number of carbonyl (C=O) groups excluding carboxylic acids is 1. The number of amides is 2. The normalized spacial score (nSPS) is 22.9. The van der Waals surface area contributed by atoms with Gasteiger partial charge in [-0.1, -0.05) is 0 Å². The first-order chi connectivity index (χ1) is 9.17. The third-order valence-electron chi connectivity index (χ3n) is 3.20. The van der Waals surface area contributed by atoms with E-state index in [2.05, 4.69) is 5.32 Å². The number of anilines is 1. The summed E-state index contributed by atoms with van der Waals surface area (Å²) in [5.74, 6) is 0. The van der Waals surface area contributed by atoms with Gasteiger partial charge in [-0.15, -0.1) is 0 Å². The number of nitrogens with one attached hydrogen (secondary N) is 1. The Kier molecular flexibility index (Phi) is 3.64. The molecule has 0 radical (unpaired) electrons. The number of hydrogen-bond donors (Lipinski definition) is 2. The van der Waals surface area contributed by atoms with E-state index in [1.807, 2.05) is 0 Å². The number of nitrogens with zero attached hydrogens (tertiary/aromatic N) is 1. The summed E-state index contributed by atoms with van der Waals surface area (Å²) in [4.78, 5) is 13.3. The molecule has 1 heterocycles. The fourth-order valence-electron chi connectivity index (χ4n) is 2.06. The van der Waals surface area contributed by atoms with Crippen molar-refractivity contribution in [3.05, 3.63) is 29.8 Å². The average molecular weight is 288 g/mol. The zero-order valence-electron chi connectivity index (χ0n) is 10.9. The molecule has 1 atom stereocenters. The quantitative estimate of drug-likeness (QED) is 0.834. The van der Waals surface area contributed by atoms with Crippen LogP contribution in [-0.4, -0.2) is 34.7 Å². The van der Waals surface area contributed by atoms with E-state index in [1.54, 1.807) is 6.92 Å². The third kappa shape index (κ3) is 3.41. The van der Waals surface area contributed by atoms with Gasteiger partial charge in [-0.2, -0.15) is 13.2 Å². The van der Waals surface area contributed by atoms with E-state index >= 15 is 0 Å². The Morgan fingerprint density at radius 2 is 1.95 bits per heavy atom. The highest BCUT2D eigenvalue weighted by Gasteiger charge is 2.34. The summed E-state index contributed by atoms with van der Waals surface area (Å²) >= 11 is 0. The number of β-amino-alcohol motifs (C(OH)–C–C–N with tert-alkyl or cyclic N) is 1. The van der Waals surface area contributed by atoms with Crippen molar-refractivity contribution < 1.29 is 23.1 Å². The Hall–Kier alpha value is -1.76. The summed E-state index contributed by atoms with van der Waals surface area (Å²) in [7, 11) is 0. The molecule has 1 aliphatic rings. The summed E-state index contributed by atoms with van der Waals surface area (Å²) in [5.41, 5.74) is -1.38. The first-order valence-electron chi connectivity index (χ1n) is 6.13. The summed E-state index contributed by atoms with van der Waals surface area (Å²) in [6, 6.07) is 3.80. The molecular formula is C13H15F3N2O2. The second-order valence-electron chi connectivity index (χ2n) is 5.17. The molecular weight excluding hydrogens is 273 g/mol. The number of halogens is 3. The third-order valence-corrected chi connectivity index (χ3v) is 3.20. The molecule has 1 aromatic carbocycles. The molecule has 1 unspecified atom stereocenters. The number of aliphatic hydroxyl groups is 1. The Bertz CT molecular complexity index is 497. The van der Waals surface area contributed by atoms with Crippen molar-refractivity contribution in [2.24, 2.45) is 0 Å². The highest BCUT2D eigenvalue weighted by Crippen LogP contribution is 2.30. The lowest BCUT2D eigenvalue weighted by Crippen LogP contribution is -2.36. The van der Waals surface area contributed by atoms with Gasteiger partial charge in [0.2, 0.25) is 0 Å². The van der Waals surface area contributed by atoms with Crippen LogP contribution in [-0.2, 0) is 6.18 Å². The molecule has 0 spiro atoms. The highest BCUT2D eigenvalue weighted by molar-refractivity contribution is 5.89. The number of benzene rings is 1. The van der Waals surface area contributed by atoms with Crippen LogP contribution in [0.5, 0.6) is 0 Å². The van der Waals surface area contributed by atoms with Crippen molar-refractivity contribution in [1.29, 1.82) is 0 Å². The number of alkyl halides is 3. The first-order valence-corrected chi connectivity index (χ1v) is 6.13. The SMILES string of the molecule is CC1(O)CCN(C(=O)Nc2ccc(C(F)(F)F)cc2)C1. The van der Waals surface area contributed by atoms with Crippen molar-refractivity contribution in [3.63, 3.8) is 0 Å². The van der Waals surface area contributed by atoms with E-state index in [9.17, 15) is 23.1 Å². The minimum absolute atomic E-state index is 0.208. The Balaban J connectivity index is 1.99. The van der Waals surface area contributed by atoms with Gasteiger partial charge in [-0.05, 0) is 37.6 Å². The Morgan fingerprint density at radius 1 is 1.35 bits per heavy atom. The van der Waals surface area contributed by atoms with Gasteiger partial charge in [0.25, 0.3) is 0 Å². The smallest absolute Gasteiger partial charge is 0.388 e. The lowest BCUT2D eigenvalue weighted by molar-refractivity contribution is -0.137. The van der Waals surface area contributed by atoms with Gasteiger partial charge < -0.3 is 15.3 Å². The highest BCUT2D eigenvalue weighted by atomic mass is 19.4. The van der Waals surface area contributed by atoms with E-state index in [1.165, 1.54) is 17.0 Å². The average Bonchev–Trinajstić information content (AvgIpc) is 2.69. The molecule has 0 bridgehead atoms. The molecule has 0 saturated carbocycles. The molecule has 7 heteroatoms. The second-order valence-corrected chi connectivity index (χ2v) is 5.17. The predicted octanol–water partition coefficient (Wildman–Crippen LogP) is 2.69. The zero-order valence-corrected chi connectivity index (χ0v) is 10.9. The molecule has 1 aliphatic heterocycles. The lowest BCUT2D eigenvalue weighted by Gasteiger charge is -2.19. The van der Waals surface area contributed by atoms with Crippen molar-refractivity contribution in [3.8, 4) is 0 Å². The molecule has 2 amide bonds.